The highest BCUT2D eigenvalue weighted by molar-refractivity contribution is 5.74. The van der Waals surface area contributed by atoms with E-state index < -0.39 is 48.2 Å². The standard InChI is InChI=1S/C19H27NO11/c1-10(21)20-16-18(30-13(4)24)17(29-12(3)23)14(9-28-11(2)22)31-19(16)27-8-6-5-7-15(25)26/h14,16,19H,5-9H2,1-4H3,(H,20,21)(H,25,26)/t14?,16?,19-/m1/s1. The molecule has 1 rings (SSSR count). The molecule has 0 fully saturated rings. The van der Waals surface area contributed by atoms with E-state index in [4.69, 9.17) is 28.8 Å². The van der Waals surface area contributed by atoms with Crippen molar-refractivity contribution in [3.8, 4) is 0 Å². The van der Waals surface area contributed by atoms with E-state index in [2.05, 4.69) is 5.32 Å². The van der Waals surface area contributed by atoms with Crippen LogP contribution in [0.15, 0.2) is 11.5 Å². The third kappa shape index (κ3) is 9.57. The summed E-state index contributed by atoms with van der Waals surface area (Å²) in [5, 5.41) is 11.2. The van der Waals surface area contributed by atoms with E-state index >= 15 is 0 Å². The zero-order chi connectivity index (χ0) is 23.6. The van der Waals surface area contributed by atoms with Crippen molar-refractivity contribution in [2.75, 3.05) is 13.2 Å². The van der Waals surface area contributed by atoms with Gasteiger partial charge in [0.1, 0.15) is 12.6 Å². The van der Waals surface area contributed by atoms with Gasteiger partial charge >= 0.3 is 23.9 Å². The molecule has 31 heavy (non-hydrogen) atoms. The average Bonchev–Trinajstić information content (AvgIpc) is 2.62. The Morgan fingerprint density at radius 1 is 0.935 bits per heavy atom. The van der Waals surface area contributed by atoms with Gasteiger partial charge in [0.05, 0.1) is 0 Å². The largest absolute Gasteiger partial charge is 0.481 e. The summed E-state index contributed by atoms with van der Waals surface area (Å²) in [5.74, 6) is -4.08. The van der Waals surface area contributed by atoms with Crippen molar-refractivity contribution in [3.63, 3.8) is 0 Å². The van der Waals surface area contributed by atoms with Crippen LogP contribution in [0, 0.1) is 0 Å². The summed E-state index contributed by atoms with van der Waals surface area (Å²) in [4.78, 5) is 56.9. The van der Waals surface area contributed by atoms with Crippen molar-refractivity contribution in [1.82, 2.24) is 5.32 Å². The molecule has 0 radical (unpaired) electrons. The monoisotopic (exact) mass is 445 g/mol. The van der Waals surface area contributed by atoms with Gasteiger partial charge in [-0.2, -0.15) is 0 Å². The number of ether oxygens (including phenoxy) is 5. The Bertz CT molecular complexity index is 730. The van der Waals surface area contributed by atoms with Gasteiger partial charge in [0.25, 0.3) is 0 Å². The molecule has 0 aromatic carbocycles. The molecule has 12 nitrogen and oxygen atoms in total. The van der Waals surface area contributed by atoms with E-state index in [-0.39, 0.29) is 31.2 Å². The van der Waals surface area contributed by atoms with Crippen LogP contribution in [0.25, 0.3) is 0 Å². The molecule has 174 valence electrons. The van der Waals surface area contributed by atoms with Crippen LogP contribution in [-0.4, -0.2) is 66.5 Å². The summed E-state index contributed by atoms with van der Waals surface area (Å²) in [6.07, 6.45) is -1.71. The van der Waals surface area contributed by atoms with Crippen molar-refractivity contribution >= 4 is 29.8 Å². The zero-order valence-corrected chi connectivity index (χ0v) is 17.8. The highest BCUT2D eigenvalue weighted by atomic mass is 16.7. The normalized spacial score (nSPS) is 20.6. The maximum Gasteiger partial charge on any atom is 0.307 e. The SMILES string of the molecule is CC(=O)NC1C(OC(C)=O)=C(OC(C)=O)C(COC(C)=O)O[C@H]1OCCCCC(=O)O. The number of esters is 3. The number of hydrogen-bond donors (Lipinski definition) is 2. The molecule has 3 atom stereocenters. The number of carbonyl (C=O) groups is 5. The Labute approximate surface area is 178 Å². The molecule has 0 bridgehead atoms. The Hall–Kier alpha value is -2.99. The smallest absolute Gasteiger partial charge is 0.307 e. The summed E-state index contributed by atoms with van der Waals surface area (Å²) in [5.41, 5.74) is 0. The molecule has 1 aliphatic heterocycles. The highest BCUT2D eigenvalue weighted by Gasteiger charge is 2.43. The fraction of sp³-hybridized carbons (Fsp3) is 0.632. The first-order chi connectivity index (χ1) is 14.5. The predicted molar refractivity (Wildman–Crippen MR) is 101 cm³/mol. The lowest BCUT2D eigenvalue weighted by molar-refractivity contribution is -0.211. The van der Waals surface area contributed by atoms with E-state index in [0.29, 0.717) is 12.8 Å². The van der Waals surface area contributed by atoms with Crippen LogP contribution >= 0.6 is 0 Å². The molecule has 2 unspecified atom stereocenters. The Morgan fingerprint density at radius 3 is 2.06 bits per heavy atom. The molecule has 12 heteroatoms. The van der Waals surface area contributed by atoms with E-state index in [1.54, 1.807) is 0 Å². The van der Waals surface area contributed by atoms with E-state index in [1.165, 1.54) is 13.8 Å². The molecule has 2 N–H and O–H groups in total. The second kappa shape index (κ2) is 12.6. The van der Waals surface area contributed by atoms with Crippen molar-refractivity contribution in [3.05, 3.63) is 11.5 Å². The van der Waals surface area contributed by atoms with Crippen LogP contribution < -0.4 is 5.32 Å². The molecule has 0 saturated carbocycles. The first-order valence-electron chi connectivity index (χ1n) is 9.51. The molecule has 0 saturated heterocycles. The number of carbonyl (C=O) groups excluding carboxylic acids is 4. The first-order valence-corrected chi connectivity index (χ1v) is 9.51. The molecule has 0 aromatic rings. The van der Waals surface area contributed by atoms with Crippen LogP contribution in [-0.2, 0) is 47.7 Å². The number of amides is 1. The Balaban J connectivity index is 3.23. The van der Waals surface area contributed by atoms with Crippen LogP contribution in [0.3, 0.4) is 0 Å². The molecule has 1 heterocycles. The molecular formula is C19H27NO11. The van der Waals surface area contributed by atoms with Gasteiger partial charge in [-0.1, -0.05) is 0 Å². The lowest BCUT2D eigenvalue weighted by atomic mass is 10.1. The van der Waals surface area contributed by atoms with E-state index in [9.17, 15) is 24.0 Å². The van der Waals surface area contributed by atoms with Gasteiger partial charge in [-0.15, -0.1) is 0 Å². The second-order valence-corrected chi connectivity index (χ2v) is 6.61. The maximum absolute atomic E-state index is 11.7. The van der Waals surface area contributed by atoms with Gasteiger partial charge in [-0.3, -0.25) is 24.0 Å². The minimum Gasteiger partial charge on any atom is -0.481 e. The van der Waals surface area contributed by atoms with Crippen LogP contribution in [0.1, 0.15) is 47.0 Å². The average molecular weight is 445 g/mol. The van der Waals surface area contributed by atoms with Gasteiger partial charge in [-0.25, -0.2) is 0 Å². The quantitative estimate of drug-likeness (QED) is 0.257. The molecule has 0 aromatic heterocycles. The van der Waals surface area contributed by atoms with Gasteiger partial charge < -0.3 is 34.1 Å². The fourth-order valence-electron chi connectivity index (χ4n) is 2.65. The van der Waals surface area contributed by atoms with Gasteiger partial charge in [-0.05, 0) is 12.8 Å². The minimum atomic E-state index is -1.21. The molecule has 0 aliphatic carbocycles. The zero-order valence-electron chi connectivity index (χ0n) is 17.8. The third-order valence-corrected chi connectivity index (χ3v) is 3.76. The summed E-state index contributed by atoms with van der Waals surface area (Å²) in [6.45, 7) is 4.29. The molecular weight excluding hydrogens is 418 g/mol. The van der Waals surface area contributed by atoms with Crippen molar-refractivity contribution in [2.45, 2.75) is 65.4 Å². The topological polar surface area (TPSA) is 164 Å². The van der Waals surface area contributed by atoms with Crippen molar-refractivity contribution < 1.29 is 52.8 Å². The highest BCUT2D eigenvalue weighted by Crippen LogP contribution is 2.30. The summed E-state index contributed by atoms with van der Waals surface area (Å²) in [6, 6.07) is -1.16. The molecule has 0 spiro atoms. The lowest BCUT2D eigenvalue weighted by Gasteiger charge is -2.37. The molecule has 1 amide bonds. The minimum absolute atomic E-state index is 0.0473. The summed E-state index contributed by atoms with van der Waals surface area (Å²) in [7, 11) is 0. The number of hydrogen-bond acceptors (Lipinski definition) is 10. The van der Waals surface area contributed by atoms with Crippen LogP contribution in [0.4, 0.5) is 0 Å². The van der Waals surface area contributed by atoms with E-state index in [0.717, 1.165) is 13.8 Å². The fourth-order valence-corrected chi connectivity index (χ4v) is 2.65. The predicted octanol–water partition coefficient (Wildman–Crippen LogP) is 0.388. The van der Waals surface area contributed by atoms with Gasteiger partial charge in [0, 0.05) is 40.7 Å². The number of nitrogens with one attached hydrogen (secondary N) is 1. The second-order valence-electron chi connectivity index (χ2n) is 6.61. The van der Waals surface area contributed by atoms with Crippen LogP contribution in [0.5, 0.6) is 0 Å². The Kier molecular flexibility index (Phi) is 10.6. The third-order valence-electron chi connectivity index (χ3n) is 3.76. The summed E-state index contributed by atoms with van der Waals surface area (Å²) < 4.78 is 26.7. The van der Waals surface area contributed by atoms with Crippen molar-refractivity contribution in [1.29, 1.82) is 0 Å². The first kappa shape index (κ1) is 26.0. The number of aliphatic carboxylic acids is 1. The number of carboxylic acids is 1. The van der Waals surface area contributed by atoms with E-state index in [1.807, 2.05) is 0 Å². The lowest BCUT2D eigenvalue weighted by Crippen LogP contribution is -2.53. The number of carboxylic acid groups (broad SMARTS) is 1. The number of unbranched alkanes of at least 4 members (excludes halogenated alkanes) is 1. The summed E-state index contributed by atoms with van der Waals surface area (Å²) >= 11 is 0. The number of rotatable bonds is 11. The van der Waals surface area contributed by atoms with Crippen molar-refractivity contribution in [2.24, 2.45) is 0 Å². The molecule has 1 aliphatic rings. The van der Waals surface area contributed by atoms with Crippen LogP contribution in [0.2, 0.25) is 0 Å². The maximum atomic E-state index is 11.7. The van der Waals surface area contributed by atoms with Gasteiger partial charge in [0.15, 0.2) is 23.9 Å². The van der Waals surface area contributed by atoms with Gasteiger partial charge in [0.2, 0.25) is 5.91 Å². The Morgan fingerprint density at radius 2 is 1.55 bits per heavy atom.